The van der Waals surface area contributed by atoms with Crippen LogP contribution in [0.4, 0.5) is 0 Å². The van der Waals surface area contributed by atoms with Crippen molar-refractivity contribution in [2.24, 2.45) is 0 Å². The summed E-state index contributed by atoms with van der Waals surface area (Å²) in [7, 11) is 0. The van der Waals surface area contributed by atoms with Crippen LogP contribution < -0.4 is 5.32 Å². The molecule has 0 unspecified atom stereocenters. The summed E-state index contributed by atoms with van der Waals surface area (Å²) in [4.78, 5) is 5.64. The van der Waals surface area contributed by atoms with Crippen molar-refractivity contribution >= 4 is 11.3 Å². The highest BCUT2D eigenvalue weighted by Gasteiger charge is 2.20. The quantitative estimate of drug-likeness (QED) is 0.813. The lowest BCUT2D eigenvalue weighted by molar-refractivity contribution is 0.608. The molecule has 1 aliphatic heterocycles. The SMILES string of the molecule is c1csc(-c2n[nH]c([C@@H]3CCCN3)n2)c1. The number of thiophene rings is 1. The molecule has 0 aromatic carbocycles. The molecule has 0 spiro atoms. The molecule has 3 heterocycles. The van der Waals surface area contributed by atoms with E-state index in [0.717, 1.165) is 29.5 Å². The molecule has 78 valence electrons. The average molecular weight is 220 g/mol. The normalized spacial score (nSPS) is 20.9. The zero-order chi connectivity index (χ0) is 10.1. The zero-order valence-electron chi connectivity index (χ0n) is 8.23. The smallest absolute Gasteiger partial charge is 0.191 e. The summed E-state index contributed by atoms with van der Waals surface area (Å²) in [6.07, 6.45) is 2.37. The maximum absolute atomic E-state index is 4.52. The minimum Gasteiger partial charge on any atom is -0.307 e. The number of hydrogen-bond acceptors (Lipinski definition) is 4. The number of nitrogens with zero attached hydrogens (tertiary/aromatic N) is 2. The highest BCUT2D eigenvalue weighted by molar-refractivity contribution is 7.13. The van der Waals surface area contributed by atoms with Crippen LogP contribution in [0.3, 0.4) is 0 Å². The lowest BCUT2D eigenvalue weighted by Gasteiger charge is -2.03. The van der Waals surface area contributed by atoms with Gasteiger partial charge < -0.3 is 5.32 Å². The third kappa shape index (κ3) is 1.68. The van der Waals surface area contributed by atoms with Gasteiger partial charge in [0.1, 0.15) is 5.82 Å². The molecule has 2 N–H and O–H groups in total. The Kier molecular flexibility index (Phi) is 2.26. The van der Waals surface area contributed by atoms with E-state index >= 15 is 0 Å². The fraction of sp³-hybridized carbons (Fsp3) is 0.400. The fourth-order valence-corrected chi connectivity index (χ4v) is 2.52. The minimum atomic E-state index is 0.367. The third-order valence-electron chi connectivity index (χ3n) is 2.63. The van der Waals surface area contributed by atoms with Crippen LogP contribution in [0, 0.1) is 0 Å². The number of aromatic amines is 1. The predicted molar refractivity (Wildman–Crippen MR) is 59.7 cm³/mol. The summed E-state index contributed by atoms with van der Waals surface area (Å²) in [5.74, 6) is 1.78. The van der Waals surface area contributed by atoms with E-state index in [0.29, 0.717) is 6.04 Å². The van der Waals surface area contributed by atoms with Gasteiger partial charge in [0.25, 0.3) is 0 Å². The summed E-state index contributed by atoms with van der Waals surface area (Å²) in [5.41, 5.74) is 0. The number of aromatic nitrogens is 3. The first kappa shape index (κ1) is 9.06. The molecule has 0 amide bonds. The van der Waals surface area contributed by atoms with Gasteiger partial charge in [0.05, 0.1) is 10.9 Å². The Morgan fingerprint density at radius 2 is 2.47 bits per heavy atom. The van der Waals surface area contributed by atoms with Crippen LogP contribution in [0.5, 0.6) is 0 Å². The predicted octanol–water partition coefficient (Wildman–Crippen LogP) is 1.96. The van der Waals surface area contributed by atoms with Crippen LogP contribution in [0.15, 0.2) is 17.5 Å². The molecule has 1 saturated heterocycles. The van der Waals surface area contributed by atoms with Crippen LogP contribution in [-0.2, 0) is 0 Å². The van der Waals surface area contributed by atoms with Gasteiger partial charge in [0.2, 0.25) is 0 Å². The molecule has 3 rings (SSSR count). The van der Waals surface area contributed by atoms with Crippen LogP contribution in [0.2, 0.25) is 0 Å². The Morgan fingerprint density at radius 1 is 1.47 bits per heavy atom. The van der Waals surface area contributed by atoms with Gasteiger partial charge in [0.15, 0.2) is 5.82 Å². The van der Waals surface area contributed by atoms with E-state index < -0.39 is 0 Å². The Morgan fingerprint density at radius 3 is 3.20 bits per heavy atom. The molecule has 2 aromatic heterocycles. The second kappa shape index (κ2) is 3.75. The summed E-state index contributed by atoms with van der Waals surface area (Å²) in [6.45, 7) is 1.08. The van der Waals surface area contributed by atoms with Crippen LogP contribution in [-0.4, -0.2) is 21.7 Å². The lowest BCUT2D eigenvalue weighted by atomic mass is 10.2. The van der Waals surface area contributed by atoms with Gasteiger partial charge in [0, 0.05) is 0 Å². The molecule has 0 bridgehead atoms. The van der Waals surface area contributed by atoms with E-state index in [1.165, 1.54) is 6.42 Å². The number of H-pyrrole nitrogens is 1. The van der Waals surface area contributed by atoms with Crippen molar-refractivity contribution in [3.05, 3.63) is 23.3 Å². The molecular weight excluding hydrogens is 208 g/mol. The van der Waals surface area contributed by atoms with Crippen molar-refractivity contribution in [2.75, 3.05) is 6.54 Å². The van der Waals surface area contributed by atoms with E-state index in [-0.39, 0.29) is 0 Å². The van der Waals surface area contributed by atoms with Gasteiger partial charge in [-0.25, -0.2) is 4.98 Å². The Labute approximate surface area is 91.7 Å². The molecule has 1 fully saturated rings. The van der Waals surface area contributed by atoms with E-state index in [2.05, 4.69) is 20.5 Å². The zero-order valence-corrected chi connectivity index (χ0v) is 9.05. The molecular formula is C10H12N4S. The van der Waals surface area contributed by atoms with Gasteiger partial charge in [-0.05, 0) is 30.8 Å². The molecule has 0 radical (unpaired) electrons. The van der Waals surface area contributed by atoms with Gasteiger partial charge in [-0.15, -0.1) is 11.3 Å². The van der Waals surface area contributed by atoms with E-state index in [9.17, 15) is 0 Å². The highest BCUT2D eigenvalue weighted by Crippen LogP contribution is 2.24. The van der Waals surface area contributed by atoms with Gasteiger partial charge >= 0.3 is 0 Å². The number of rotatable bonds is 2. The molecule has 1 atom stereocenters. The summed E-state index contributed by atoms with van der Waals surface area (Å²) in [5, 5.41) is 12.7. The Balaban J connectivity index is 1.87. The van der Waals surface area contributed by atoms with Crippen LogP contribution in [0.25, 0.3) is 10.7 Å². The second-order valence-corrected chi connectivity index (χ2v) is 4.62. The first-order chi connectivity index (χ1) is 7.43. The lowest BCUT2D eigenvalue weighted by Crippen LogP contribution is -2.14. The maximum atomic E-state index is 4.52. The first-order valence-corrected chi connectivity index (χ1v) is 6.01. The van der Waals surface area contributed by atoms with Crippen molar-refractivity contribution in [1.29, 1.82) is 0 Å². The molecule has 4 nitrogen and oxygen atoms in total. The summed E-state index contributed by atoms with van der Waals surface area (Å²) >= 11 is 1.67. The van der Waals surface area contributed by atoms with Gasteiger partial charge in [-0.2, -0.15) is 5.10 Å². The van der Waals surface area contributed by atoms with Crippen LogP contribution >= 0.6 is 11.3 Å². The summed E-state index contributed by atoms with van der Waals surface area (Å²) < 4.78 is 0. The van der Waals surface area contributed by atoms with E-state index in [1.54, 1.807) is 11.3 Å². The molecule has 15 heavy (non-hydrogen) atoms. The molecule has 5 heteroatoms. The van der Waals surface area contributed by atoms with Crippen molar-refractivity contribution in [3.63, 3.8) is 0 Å². The summed E-state index contributed by atoms with van der Waals surface area (Å²) in [6, 6.07) is 4.43. The Hall–Kier alpha value is -1.20. The van der Waals surface area contributed by atoms with Gasteiger partial charge in [-0.1, -0.05) is 6.07 Å². The minimum absolute atomic E-state index is 0.367. The monoisotopic (exact) mass is 220 g/mol. The Bertz CT molecular complexity index is 428. The third-order valence-corrected chi connectivity index (χ3v) is 3.50. The molecule has 0 aliphatic carbocycles. The second-order valence-electron chi connectivity index (χ2n) is 3.67. The molecule has 2 aromatic rings. The number of nitrogens with one attached hydrogen (secondary N) is 2. The maximum Gasteiger partial charge on any atom is 0.191 e. The molecule has 0 saturated carbocycles. The highest BCUT2D eigenvalue weighted by atomic mass is 32.1. The molecule has 1 aliphatic rings. The fourth-order valence-electron chi connectivity index (χ4n) is 1.86. The number of hydrogen-bond donors (Lipinski definition) is 2. The first-order valence-electron chi connectivity index (χ1n) is 5.13. The van der Waals surface area contributed by atoms with E-state index in [1.807, 2.05) is 17.5 Å². The largest absolute Gasteiger partial charge is 0.307 e. The topological polar surface area (TPSA) is 53.6 Å². The van der Waals surface area contributed by atoms with Crippen molar-refractivity contribution in [2.45, 2.75) is 18.9 Å². The van der Waals surface area contributed by atoms with Crippen molar-refractivity contribution in [1.82, 2.24) is 20.5 Å². The van der Waals surface area contributed by atoms with E-state index in [4.69, 9.17) is 0 Å². The van der Waals surface area contributed by atoms with Crippen molar-refractivity contribution < 1.29 is 0 Å². The average Bonchev–Trinajstić information content (AvgIpc) is 3.02. The van der Waals surface area contributed by atoms with Crippen molar-refractivity contribution in [3.8, 4) is 10.7 Å². The standard InChI is InChI=1S/C10H12N4S/c1-3-7(11-5-1)9-12-10(14-13-9)8-4-2-6-15-8/h2,4,6-7,11H,1,3,5H2,(H,12,13,14)/t7-/m0/s1. The van der Waals surface area contributed by atoms with Crippen LogP contribution in [0.1, 0.15) is 24.7 Å². The van der Waals surface area contributed by atoms with Gasteiger partial charge in [-0.3, -0.25) is 5.10 Å².